The summed E-state index contributed by atoms with van der Waals surface area (Å²) in [6.07, 6.45) is -4.05. The van der Waals surface area contributed by atoms with E-state index in [4.69, 9.17) is 17.6 Å². The summed E-state index contributed by atoms with van der Waals surface area (Å²) in [6, 6.07) is 0. The predicted octanol–water partition coefficient (Wildman–Crippen LogP) is -1.92. The van der Waals surface area contributed by atoms with Crippen LogP contribution in [0.15, 0.2) is 15.8 Å². The number of hydrogen-bond donors (Lipinski definition) is 5. The van der Waals surface area contributed by atoms with Gasteiger partial charge in [-0.2, -0.15) is 0 Å². The second-order valence-electron chi connectivity index (χ2n) is 4.67. The number of alkyl halides is 1. The Hall–Kier alpha value is -1.40. The fourth-order valence-electron chi connectivity index (χ4n) is 1.95. The van der Waals surface area contributed by atoms with E-state index in [0.717, 1.165) is 6.20 Å². The summed E-state index contributed by atoms with van der Waals surface area (Å²) in [5.74, 6) is -3.52. The molecule has 2 heterocycles. The van der Waals surface area contributed by atoms with Gasteiger partial charge in [0.25, 0.3) is 5.56 Å². The van der Waals surface area contributed by atoms with Gasteiger partial charge in [-0.05, 0) is 0 Å². The highest BCUT2D eigenvalue weighted by Gasteiger charge is 2.49. The summed E-state index contributed by atoms with van der Waals surface area (Å²) in [6.45, 7) is -4.46. The summed E-state index contributed by atoms with van der Waals surface area (Å²) in [5, 5.41) is 18.9. The van der Waals surface area contributed by atoms with Gasteiger partial charge in [0.1, 0.15) is 12.7 Å². The Morgan fingerprint density at radius 3 is 2.83 bits per heavy atom. The van der Waals surface area contributed by atoms with Crippen LogP contribution in [0.5, 0.6) is 0 Å². The number of phosphoric ester groups is 1. The average molecular weight is 358 g/mol. The van der Waals surface area contributed by atoms with E-state index in [2.05, 4.69) is 9.26 Å². The van der Waals surface area contributed by atoms with E-state index in [9.17, 15) is 23.7 Å². The minimum Gasteiger partial charge on any atom is -0.391 e. The number of ether oxygens (including phenoxy) is 1. The number of aromatic amines is 1. The Labute approximate surface area is 130 Å². The first-order valence-corrected chi connectivity index (χ1v) is 7.59. The van der Waals surface area contributed by atoms with Gasteiger partial charge in [0.2, 0.25) is 5.85 Å². The Morgan fingerprint density at radius 2 is 2.26 bits per heavy atom. The molecule has 1 aromatic heterocycles. The minimum atomic E-state index is -5.45. The SMILES string of the molecule is [2H]C([2H])(OP(=O)(O)O)[C@]1(F)C[C@@H](O)[C@H](n2cc(CO)c(=O)[nH]c2=O)O1. The monoisotopic (exact) mass is 358 g/mol. The highest BCUT2D eigenvalue weighted by molar-refractivity contribution is 7.46. The number of hydrogen-bond acceptors (Lipinski definition) is 7. The molecule has 13 heteroatoms. The lowest BCUT2D eigenvalue weighted by Crippen LogP contribution is -2.37. The van der Waals surface area contributed by atoms with E-state index in [0.29, 0.717) is 4.57 Å². The van der Waals surface area contributed by atoms with Crippen LogP contribution in [-0.4, -0.2) is 48.1 Å². The lowest BCUT2D eigenvalue weighted by Gasteiger charge is -2.21. The van der Waals surface area contributed by atoms with Gasteiger partial charge in [-0.3, -0.25) is 18.9 Å². The quantitative estimate of drug-likeness (QED) is 0.376. The predicted molar refractivity (Wildman–Crippen MR) is 69.8 cm³/mol. The van der Waals surface area contributed by atoms with Crippen molar-refractivity contribution in [1.29, 1.82) is 0 Å². The Bertz CT molecular complexity index is 823. The van der Waals surface area contributed by atoms with E-state index in [1.54, 1.807) is 4.98 Å². The van der Waals surface area contributed by atoms with Crippen LogP contribution in [0, 0.1) is 0 Å². The maximum atomic E-state index is 14.7. The number of nitrogens with one attached hydrogen (secondary N) is 1. The van der Waals surface area contributed by atoms with Crippen molar-refractivity contribution >= 4 is 7.82 Å². The molecule has 11 nitrogen and oxygen atoms in total. The van der Waals surface area contributed by atoms with E-state index in [1.165, 1.54) is 0 Å². The highest BCUT2D eigenvalue weighted by atomic mass is 31.2. The molecule has 1 aromatic rings. The minimum absolute atomic E-state index is 0.318. The molecule has 2 rings (SSSR count). The van der Waals surface area contributed by atoms with Crippen LogP contribution in [0.1, 0.15) is 21.0 Å². The first-order chi connectivity index (χ1) is 11.3. The zero-order valence-electron chi connectivity index (χ0n) is 13.2. The molecule has 0 radical (unpaired) electrons. The third-order valence-electron chi connectivity index (χ3n) is 2.91. The van der Waals surface area contributed by atoms with E-state index >= 15 is 0 Å². The number of nitrogens with zero attached hydrogens (tertiary/aromatic N) is 1. The number of phosphoric acid groups is 1. The lowest BCUT2D eigenvalue weighted by atomic mass is 10.2. The number of halogens is 1. The van der Waals surface area contributed by atoms with Gasteiger partial charge in [0.05, 0.1) is 14.9 Å². The molecule has 1 fully saturated rings. The maximum absolute atomic E-state index is 14.7. The van der Waals surface area contributed by atoms with Gasteiger partial charge < -0.3 is 24.7 Å². The third-order valence-corrected chi connectivity index (χ3v) is 3.24. The molecule has 5 N–H and O–H groups in total. The fourth-order valence-corrected chi connectivity index (χ4v) is 2.21. The normalized spacial score (nSPS) is 30.1. The largest absolute Gasteiger partial charge is 0.469 e. The number of aliphatic hydroxyl groups is 2. The second-order valence-corrected chi connectivity index (χ2v) is 5.83. The Kier molecular flexibility index (Phi) is 4.11. The zero-order valence-corrected chi connectivity index (χ0v) is 12.1. The molecule has 0 aromatic carbocycles. The van der Waals surface area contributed by atoms with Gasteiger partial charge in [-0.15, -0.1) is 0 Å². The summed E-state index contributed by atoms with van der Waals surface area (Å²) >= 11 is 0. The number of aliphatic hydroxyl groups excluding tert-OH is 2. The fraction of sp³-hybridized carbons (Fsp3) is 0.600. The number of H-pyrrole nitrogens is 1. The summed E-state index contributed by atoms with van der Waals surface area (Å²) < 4.78 is 49.1. The molecule has 0 aliphatic carbocycles. The summed E-state index contributed by atoms with van der Waals surface area (Å²) in [4.78, 5) is 42.3. The number of rotatable bonds is 5. The second kappa shape index (κ2) is 6.24. The first kappa shape index (κ1) is 15.1. The summed E-state index contributed by atoms with van der Waals surface area (Å²) in [7, 11) is -5.45. The van der Waals surface area contributed by atoms with Gasteiger partial charge in [-0.1, -0.05) is 0 Å². The van der Waals surface area contributed by atoms with Gasteiger partial charge in [0.15, 0.2) is 6.23 Å². The van der Waals surface area contributed by atoms with Crippen LogP contribution < -0.4 is 11.2 Å². The van der Waals surface area contributed by atoms with Crippen molar-refractivity contribution in [1.82, 2.24) is 9.55 Å². The smallest absolute Gasteiger partial charge is 0.391 e. The van der Waals surface area contributed by atoms with Gasteiger partial charge >= 0.3 is 13.5 Å². The van der Waals surface area contributed by atoms with E-state index in [-0.39, 0.29) is 5.56 Å². The topological polar surface area (TPSA) is 171 Å². The zero-order chi connectivity index (χ0) is 19.2. The Balaban J connectivity index is 2.40. The molecule has 1 aliphatic rings. The average Bonchev–Trinajstić information content (AvgIpc) is 2.73. The third kappa shape index (κ3) is 4.12. The Morgan fingerprint density at radius 1 is 1.61 bits per heavy atom. The van der Waals surface area contributed by atoms with Gasteiger partial charge in [0, 0.05) is 12.6 Å². The molecule has 0 unspecified atom stereocenters. The van der Waals surface area contributed by atoms with Crippen LogP contribution in [0.3, 0.4) is 0 Å². The van der Waals surface area contributed by atoms with Crippen LogP contribution in [0.4, 0.5) is 4.39 Å². The number of aromatic nitrogens is 2. The molecule has 0 amide bonds. The van der Waals surface area contributed by atoms with Crippen molar-refractivity contribution in [2.75, 3.05) is 6.56 Å². The van der Waals surface area contributed by atoms with Crippen molar-refractivity contribution in [3.63, 3.8) is 0 Å². The van der Waals surface area contributed by atoms with Crippen LogP contribution in [0.25, 0.3) is 0 Å². The molecular weight excluding hydrogens is 342 g/mol. The maximum Gasteiger partial charge on any atom is 0.469 e. The van der Waals surface area contributed by atoms with Crippen LogP contribution >= 0.6 is 7.82 Å². The molecule has 1 saturated heterocycles. The molecule has 0 saturated carbocycles. The van der Waals surface area contributed by atoms with Crippen molar-refractivity contribution < 1.29 is 41.0 Å². The molecular formula is C10H14FN2O9P. The molecule has 1 aliphatic heterocycles. The molecule has 130 valence electrons. The lowest BCUT2D eigenvalue weighted by molar-refractivity contribution is -0.178. The van der Waals surface area contributed by atoms with E-state index in [1.807, 2.05) is 0 Å². The van der Waals surface area contributed by atoms with Crippen molar-refractivity contribution in [3.8, 4) is 0 Å². The first-order valence-electron chi connectivity index (χ1n) is 7.06. The van der Waals surface area contributed by atoms with Crippen LogP contribution in [0.2, 0.25) is 0 Å². The molecule has 3 atom stereocenters. The summed E-state index contributed by atoms with van der Waals surface area (Å²) in [5.41, 5.74) is -2.39. The standard InChI is InChI=1S/C10H14FN2O9P/c11-10(4-21-23(18,19)20)1-6(15)8(22-10)13-2-5(3-14)7(16)12-9(13)17/h2,6,8,14-15H,1,3-4H2,(H,12,16,17)(H2,18,19,20)/t6-,8-,10+/m1/s1/i4D2. The molecule has 0 spiro atoms. The van der Waals surface area contributed by atoms with Crippen molar-refractivity contribution in [3.05, 3.63) is 32.6 Å². The van der Waals surface area contributed by atoms with E-state index < -0.39 is 56.8 Å². The van der Waals surface area contributed by atoms with Crippen molar-refractivity contribution in [2.24, 2.45) is 0 Å². The highest BCUT2D eigenvalue weighted by Crippen LogP contribution is 2.42. The molecule has 23 heavy (non-hydrogen) atoms. The van der Waals surface area contributed by atoms with Crippen LogP contribution in [-0.2, 0) is 20.4 Å². The van der Waals surface area contributed by atoms with Crippen molar-refractivity contribution in [2.45, 2.75) is 31.2 Å². The van der Waals surface area contributed by atoms with Gasteiger partial charge in [-0.25, -0.2) is 13.8 Å². The molecule has 0 bridgehead atoms.